The molecule has 0 saturated carbocycles. The highest BCUT2D eigenvalue weighted by atomic mass is 32.2. The summed E-state index contributed by atoms with van der Waals surface area (Å²) in [4.78, 5) is 3.97. The van der Waals surface area contributed by atoms with Crippen LogP contribution in [0.2, 0.25) is 0 Å². The first-order valence-corrected chi connectivity index (χ1v) is 9.32. The molecule has 21 heavy (non-hydrogen) atoms. The van der Waals surface area contributed by atoms with Crippen molar-refractivity contribution in [2.75, 3.05) is 19.3 Å². The molecule has 1 aromatic heterocycles. The molecule has 0 aliphatic carbocycles. The lowest BCUT2D eigenvalue weighted by molar-refractivity contribution is 0.114. The van der Waals surface area contributed by atoms with Crippen molar-refractivity contribution in [2.45, 2.75) is 38.2 Å². The third-order valence-corrected chi connectivity index (χ3v) is 5.34. The zero-order chi connectivity index (χ0) is 15.3. The van der Waals surface area contributed by atoms with Gasteiger partial charge in [0.2, 0.25) is 10.0 Å². The van der Waals surface area contributed by atoms with Gasteiger partial charge in [-0.3, -0.25) is 4.98 Å². The number of nitrogens with zero attached hydrogens (tertiary/aromatic N) is 2. The van der Waals surface area contributed by atoms with Gasteiger partial charge in [0.05, 0.1) is 12.4 Å². The van der Waals surface area contributed by atoms with Crippen LogP contribution in [-0.2, 0) is 16.4 Å². The highest BCUT2D eigenvalue weighted by Crippen LogP contribution is 2.24. The van der Waals surface area contributed by atoms with E-state index < -0.39 is 10.0 Å². The Morgan fingerprint density at radius 3 is 2.81 bits per heavy atom. The number of aryl methyl sites for hydroxylation is 1. The second kappa shape index (κ2) is 7.33. The molecule has 2 atom stereocenters. The van der Waals surface area contributed by atoms with Crippen LogP contribution >= 0.6 is 0 Å². The van der Waals surface area contributed by atoms with E-state index in [0.717, 1.165) is 19.3 Å². The fourth-order valence-corrected chi connectivity index (χ4v) is 3.85. The van der Waals surface area contributed by atoms with Gasteiger partial charge in [0, 0.05) is 25.5 Å². The van der Waals surface area contributed by atoms with Crippen molar-refractivity contribution in [3.05, 3.63) is 30.1 Å². The fraction of sp³-hybridized carbons (Fsp3) is 0.667. The third kappa shape index (κ3) is 5.37. The van der Waals surface area contributed by atoms with Crippen LogP contribution < -0.4 is 0 Å². The highest BCUT2D eigenvalue weighted by Gasteiger charge is 2.27. The second-order valence-electron chi connectivity index (χ2n) is 5.91. The molecule has 6 heteroatoms. The summed E-state index contributed by atoms with van der Waals surface area (Å²) in [5.74, 6) is 0.265. The topological polar surface area (TPSA) is 70.5 Å². The Bertz CT molecular complexity index is 533. The molecular weight excluding hydrogens is 288 g/mol. The van der Waals surface area contributed by atoms with E-state index in [4.69, 9.17) is 0 Å². The van der Waals surface area contributed by atoms with E-state index in [1.807, 2.05) is 12.1 Å². The van der Waals surface area contributed by atoms with Gasteiger partial charge >= 0.3 is 0 Å². The minimum atomic E-state index is -3.11. The summed E-state index contributed by atoms with van der Waals surface area (Å²) in [5, 5.41) is 10.2. The molecule has 2 rings (SSSR count). The van der Waals surface area contributed by atoms with Crippen LogP contribution in [0.1, 0.15) is 31.2 Å². The van der Waals surface area contributed by atoms with E-state index in [9.17, 15) is 13.5 Å². The molecule has 118 valence electrons. The Balaban J connectivity index is 1.78. The largest absolute Gasteiger partial charge is 0.393 e. The second-order valence-corrected chi connectivity index (χ2v) is 7.90. The average molecular weight is 312 g/mol. The lowest BCUT2D eigenvalue weighted by Crippen LogP contribution is -2.40. The van der Waals surface area contributed by atoms with Crippen LogP contribution in [0, 0.1) is 5.92 Å². The first-order valence-electron chi connectivity index (χ1n) is 7.47. The van der Waals surface area contributed by atoms with Gasteiger partial charge in [-0.05, 0) is 55.7 Å². The maximum absolute atomic E-state index is 11.6. The van der Waals surface area contributed by atoms with E-state index in [-0.39, 0.29) is 12.0 Å². The van der Waals surface area contributed by atoms with Gasteiger partial charge in [0.1, 0.15) is 0 Å². The maximum atomic E-state index is 11.6. The number of hydrogen-bond donors (Lipinski definition) is 1. The average Bonchev–Trinajstić information content (AvgIpc) is 2.46. The van der Waals surface area contributed by atoms with Crippen molar-refractivity contribution >= 4 is 10.0 Å². The highest BCUT2D eigenvalue weighted by molar-refractivity contribution is 7.88. The maximum Gasteiger partial charge on any atom is 0.211 e. The van der Waals surface area contributed by atoms with E-state index in [2.05, 4.69) is 4.98 Å². The number of sulfonamides is 1. The molecule has 1 aromatic rings. The molecule has 2 heterocycles. The molecule has 0 aromatic carbocycles. The fourth-order valence-electron chi connectivity index (χ4n) is 2.91. The SMILES string of the molecule is CS(=O)(=O)N1CCCC(CC(O)CCc2ccncc2)C1. The Morgan fingerprint density at radius 2 is 2.14 bits per heavy atom. The summed E-state index contributed by atoms with van der Waals surface area (Å²) in [7, 11) is -3.11. The minimum absolute atomic E-state index is 0.265. The first kappa shape index (κ1) is 16.4. The van der Waals surface area contributed by atoms with Crippen LogP contribution in [0.5, 0.6) is 0 Å². The van der Waals surface area contributed by atoms with Crippen LogP contribution in [0.15, 0.2) is 24.5 Å². The predicted octanol–water partition coefficient (Wildman–Crippen LogP) is 1.44. The molecule has 1 fully saturated rings. The van der Waals surface area contributed by atoms with E-state index >= 15 is 0 Å². The van der Waals surface area contributed by atoms with Crippen molar-refractivity contribution < 1.29 is 13.5 Å². The van der Waals surface area contributed by atoms with E-state index in [1.54, 1.807) is 12.4 Å². The Hall–Kier alpha value is -0.980. The van der Waals surface area contributed by atoms with Crippen LogP contribution in [0.4, 0.5) is 0 Å². The molecule has 0 spiro atoms. The smallest absolute Gasteiger partial charge is 0.211 e. The van der Waals surface area contributed by atoms with Crippen LogP contribution in [-0.4, -0.2) is 48.3 Å². The van der Waals surface area contributed by atoms with Crippen LogP contribution in [0.25, 0.3) is 0 Å². The van der Waals surface area contributed by atoms with E-state index in [1.165, 1.54) is 16.1 Å². The zero-order valence-electron chi connectivity index (χ0n) is 12.5. The molecule has 5 nitrogen and oxygen atoms in total. The summed E-state index contributed by atoms with van der Waals surface area (Å²) in [6.45, 7) is 1.16. The molecule has 0 radical (unpaired) electrons. The summed E-state index contributed by atoms with van der Waals surface area (Å²) in [6, 6.07) is 3.91. The van der Waals surface area contributed by atoms with Crippen molar-refractivity contribution in [1.29, 1.82) is 0 Å². The molecule has 0 bridgehead atoms. The lowest BCUT2D eigenvalue weighted by atomic mass is 9.91. The normalized spacial score (nSPS) is 22.1. The van der Waals surface area contributed by atoms with Gasteiger partial charge in [-0.25, -0.2) is 12.7 Å². The Morgan fingerprint density at radius 1 is 1.43 bits per heavy atom. The molecule has 1 aliphatic heterocycles. The van der Waals surface area contributed by atoms with Gasteiger partial charge in [-0.2, -0.15) is 0 Å². The number of aromatic nitrogens is 1. The molecular formula is C15H24N2O3S. The molecule has 0 amide bonds. The molecule has 1 saturated heterocycles. The third-order valence-electron chi connectivity index (χ3n) is 4.07. The number of rotatable bonds is 6. The van der Waals surface area contributed by atoms with Crippen molar-refractivity contribution in [2.24, 2.45) is 5.92 Å². The van der Waals surface area contributed by atoms with Gasteiger partial charge in [-0.1, -0.05) is 0 Å². The first-order chi connectivity index (χ1) is 9.95. The summed E-state index contributed by atoms with van der Waals surface area (Å²) >= 11 is 0. The minimum Gasteiger partial charge on any atom is -0.393 e. The standard InChI is InChI=1S/C15H24N2O3S/c1-21(19,20)17-10-2-3-14(12-17)11-15(18)5-4-13-6-8-16-9-7-13/h6-9,14-15,18H,2-5,10-12H2,1H3. The lowest BCUT2D eigenvalue weighted by Gasteiger charge is -2.32. The van der Waals surface area contributed by atoms with Crippen molar-refractivity contribution in [1.82, 2.24) is 9.29 Å². The summed E-state index contributed by atoms with van der Waals surface area (Å²) < 4.78 is 24.7. The van der Waals surface area contributed by atoms with Gasteiger partial charge in [0.25, 0.3) is 0 Å². The number of piperidine rings is 1. The summed E-state index contributed by atoms with van der Waals surface area (Å²) in [6.07, 6.45) is 8.49. The number of aliphatic hydroxyl groups excluding tert-OH is 1. The van der Waals surface area contributed by atoms with Gasteiger partial charge in [0.15, 0.2) is 0 Å². The van der Waals surface area contributed by atoms with Crippen molar-refractivity contribution in [3.63, 3.8) is 0 Å². The van der Waals surface area contributed by atoms with Crippen molar-refractivity contribution in [3.8, 4) is 0 Å². The van der Waals surface area contributed by atoms with Gasteiger partial charge < -0.3 is 5.11 Å². The monoisotopic (exact) mass is 312 g/mol. The molecule has 2 unspecified atom stereocenters. The Labute approximate surface area is 127 Å². The predicted molar refractivity (Wildman–Crippen MR) is 82.3 cm³/mol. The quantitative estimate of drug-likeness (QED) is 0.863. The molecule has 1 N–H and O–H groups in total. The number of pyridine rings is 1. The zero-order valence-corrected chi connectivity index (χ0v) is 13.3. The van der Waals surface area contributed by atoms with Crippen LogP contribution in [0.3, 0.4) is 0 Å². The van der Waals surface area contributed by atoms with E-state index in [0.29, 0.717) is 25.9 Å². The number of aliphatic hydroxyl groups is 1. The Kier molecular flexibility index (Phi) is 5.72. The molecule has 1 aliphatic rings. The summed E-state index contributed by atoms with van der Waals surface area (Å²) in [5.41, 5.74) is 1.17. The number of hydrogen-bond acceptors (Lipinski definition) is 4. The van der Waals surface area contributed by atoms with Gasteiger partial charge in [-0.15, -0.1) is 0 Å².